The molecule has 0 aliphatic heterocycles. The molecule has 6 nitrogen and oxygen atoms in total. The van der Waals surface area contributed by atoms with Crippen molar-refractivity contribution in [3.8, 4) is 17.8 Å². The predicted octanol–water partition coefficient (Wildman–Crippen LogP) is 2.74. The van der Waals surface area contributed by atoms with Crippen LogP contribution in [0.25, 0.3) is 0 Å². The van der Waals surface area contributed by atoms with Crippen LogP contribution in [0.15, 0.2) is 29.0 Å². The van der Waals surface area contributed by atoms with Crippen LogP contribution in [-0.4, -0.2) is 24.2 Å². The summed E-state index contributed by atoms with van der Waals surface area (Å²) < 4.78 is 11.2. The fourth-order valence-electron chi connectivity index (χ4n) is 1.80. The van der Waals surface area contributed by atoms with Crippen LogP contribution >= 0.6 is 15.9 Å². The first-order chi connectivity index (χ1) is 10.2. The van der Waals surface area contributed by atoms with Crippen molar-refractivity contribution in [2.24, 2.45) is 0 Å². The van der Waals surface area contributed by atoms with E-state index in [1.807, 2.05) is 6.07 Å². The van der Waals surface area contributed by atoms with E-state index in [9.17, 15) is 0 Å². The number of rotatable bonds is 5. The Labute approximate surface area is 130 Å². The maximum absolute atomic E-state index is 8.86. The Morgan fingerprint density at radius 3 is 2.43 bits per heavy atom. The number of benzene rings is 1. The molecule has 108 valence electrons. The predicted molar refractivity (Wildman–Crippen MR) is 81.3 cm³/mol. The van der Waals surface area contributed by atoms with Gasteiger partial charge in [-0.15, -0.1) is 0 Å². The number of anilines is 1. The first kappa shape index (κ1) is 15.1. The maximum atomic E-state index is 8.86. The van der Waals surface area contributed by atoms with Crippen molar-refractivity contribution >= 4 is 21.6 Å². The Morgan fingerprint density at radius 2 is 1.90 bits per heavy atom. The van der Waals surface area contributed by atoms with Gasteiger partial charge in [0.1, 0.15) is 6.33 Å². The number of nitrogens with zero attached hydrogens (tertiary/aromatic N) is 3. The van der Waals surface area contributed by atoms with Crippen molar-refractivity contribution in [1.82, 2.24) is 9.97 Å². The van der Waals surface area contributed by atoms with Gasteiger partial charge in [0.15, 0.2) is 0 Å². The molecule has 7 heteroatoms. The van der Waals surface area contributed by atoms with Gasteiger partial charge in [-0.1, -0.05) is 0 Å². The number of methoxy groups -OCH3 is 2. The lowest BCUT2D eigenvalue weighted by Gasteiger charge is -2.13. The molecule has 1 heterocycles. The molecule has 0 unspecified atom stereocenters. The van der Waals surface area contributed by atoms with Crippen molar-refractivity contribution in [3.05, 3.63) is 40.1 Å². The summed E-state index contributed by atoms with van der Waals surface area (Å²) in [5.74, 6) is 0.915. The van der Waals surface area contributed by atoms with Gasteiger partial charge in [0.2, 0.25) is 11.8 Å². The second-order valence-electron chi connectivity index (χ2n) is 4.03. The highest BCUT2D eigenvalue weighted by Gasteiger charge is 2.13. The highest BCUT2D eigenvalue weighted by atomic mass is 79.9. The third-order valence-electron chi connectivity index (χ3n) is 2.81. The Hall–Kier alpha value is -2.33. The number of aromatic nitrogens is 2. The van der Waals surface area contributed by atoms with Crippen LogP contribution in [0, 0.1) is 11.3 Å². The van der Waals surface area contributed by atoms with Gasteiger partial charge in [-0.25, -0.2) is 9.97 Å². The smallest absolute Gasteiger partial charge is 0.225 e. The molecule has 1 aromatic heterocycles. The number of hydrogen-bond donors (Lipinski definition) is 1. The molecule has 0 atom stereocenters. The van der Waals surface area contributed by atoms with Crippen LogP contribution in [0.2, 0.25) is 0 Å². The zero-order chi connectivity index (χ0) is 15.2. The first-order valence-corrected chi connectivity index (χ1v) is 6.84. The third-order valence-corrected chi connectivity index (χ3v) is 3.46. The minimum Gasteiger partial charge on any atom is -0.481 e. The van der Waals surface area contributed by atoms with Crippen LogP contribution in [-0.2, 0) is 6.54 Å². The van der Waals surface area contributed by atoms with Gasteiger partial charge in [0, 0.05) is 10.2 Å². The zero-order valence-electron chi connectivity index (χ0n) is 11.6. The number of nitriles is 1. The van der Waals surface area contributed by atoms with Crippen molar-refractivity contribution < 1.29 is 9.47 Å². The van der Waals surface area contributed by atoms with Crippen molar-refractivity contribution in [2.75, 3.05) is 19.5 Å². The van der Waals surface area contributed by atoms with E-state index in [0.29, 0.717) is 23.9 Å². The van der Waals surface area contributed by atoms with E-state index in [2.05, 4.69) is 37.3 Å². The number of ether oxygens (including phenoxy) is 2. The summed E-state index contributed by atoms with van der Waals surface area (Å²) in [5, 5.41) is 12.1. The number of halogens is 1. The molecule has 1 N–H and O–H groups in total. The average molecular weight is 349 g/mol. The van der Waals surface area contributed by atoms with E-state index in [4.69, 9.17) is 14.7 Å². The molecule has 0 aliphatic carbocycles. The van der Waals surface area contributed by atoms with Gasteiger partial charge in [0.05, 0.1) is 38.0 Å². The van der Waals surface area contributed by atoms with Gasteiger partial charge < -0.3 is 14.8 Å². The van der Waals surface area contributed by atoms with Gasteiger partial charge in [0.25, 0.3) is 0 Å². The lowest BCUT2D eigenvalue weighted by molar-refractivity contribution is 0.363. The van der Waals surface area contributed by atoms with Crippen LogP contribution < -0.4 is 14.8 Å². The van der Waals surface area contributed by atoms with E-state index < -0.39 is 0 Å². The van der Waals surface area contributed by atoms with Crippen LogP contribution in [0.1, 0.15) is 11.1 Å². The highest BCUT2D eigenvalue weighted by Crippen LogP contribution is 2.27. The molecular weight excluding hydrogens is 336 g/mol. The van der Waals surface area contributed by atoms with E-state index >= 15 is 0 Å². The largest absolute Gasteiger partial charge is 0.481 e. The maximum Gasteiger partial charge on any atom is 0.225 e. The molecule has 0 bridgehead atoms. The molecule has 0 aliphatic rings. The molecule has 0 radical (unpaired) electrons. The second-order valence-corrected chi connectivity index (χ2v) is 4.89. The van der Waals surface area contributed by atoms with E-state index in [1.54, 1.807) is 26.4 Å². The topological polar surface area (TPSA) is 80.1 Å². The molecule has 0 fully saturated rings. The molecule has 1 aromatic carbocycles. The molecule has 2 aromatic rings. The lowest BCUT2D eigenvalue weighted by Crippen LogP contribution is -2.07. The fraction of sp³-hybridized carbons (Fsp3) is 0.214. The SMILES string of the molecule is COc1ncnc(OC)c1CNc1ccc(C#N)cc1Br. The standard InChI is InChI=1S/C14H13BrN4O2/c1-20-13-10(14(21-2)19-8-18-13)7-17-12-4-3-9(6-16)5-11(12)15/h3-5,8,17H,7H2,1-2H3. The van der Waals surface area contributed by atoms with Crippen molar-refractivity contribution in [3.63, 3.8) is 0 Å². The van der Waals surface area contributed by atoms with Crippen LogP contribution in [0.3, 0.4) is 0 Å². The third kappa shape index (κ3) is 3.41. The van der Waals surface area contributed by atoms with Gasteiger partial charge >= 0.3 is 0 Å². The van der Waals surface area contributed by atoms with Crippen molar-refractivity contribution in [2.45, 2.75) is 6.54 Å². The molecule has 0 saturated carbocycles. The molecule has 0 saturated heterocycles. The van der Waals surface area contributed by atoms with E-state index in [-0.39, 0.29) is 0 Å². The summed E-state index contributed by atoms with van der Waals surface area (Å²) in [4.78, 5) is 8.12. The van der Waals surface area contributed by atoms with Gasteiger partial charge in [-0.05, 0) is 34.1 Å². The normalized spacial score (nSPS) is 9.81. The number of hydrogen-bond acceptors (Lipinski definition) is 6. The summed E-state index contributed by atoms with van der Waals surface area (Å²) in [7, 11) is 3.09. The van der Waals surface area contributed by atoms with E-state index in [1.165, 1.54) is 6.33 Å². The molecule has 2 rings (SSSR count). The summed E-state index contributed by atoms with van der Waals surface area (Å²) in [5.41, 5.74) is 2.16. The summed E-state index contributed by atoms with van der Waals surface area (Å²) in [6.07, 6.45) is 1.39. The Balaban J connectivity index is 2.22. The second kappa shape index (κ2) is 6.90. The van der Waals surface area contributed by atoms with Crippen LogP contribution in [0.4, 0.5) is 5.69 Å². The molecule has 0 amide bonds. The van der Waals surface area contributed by atoms with Gasteiger partial charge in [-0.3, -0.25) is 0 Å². The summed E-state index contributed by atoms with van der Waals surface area (Å²) in [6, 6.07) is 7.40. The summed E-state index contributed by atoms with van der Waals surface area (Å²) in [6.45, 7) is 0.428. The minimum atomic E-state index is 0.428. The molecule has 0 spiro atoms. The Bertz CT molecular complexity index is 663. The monoisotopic (exact) mass is 348 g/mol. The van der Waals surface area contributed by atoms with Crippen molar-refractivity contribution in [1.29, 1.82) is 5.26 Å². The minimum absolute atomic E-state index is 0.428. The molecule has 21 heavy (non-hydrogen) atoms. The highest BCUT2D eigenvalue weighted by molar-refractivity contribution is 9.10. The van der Waals surface area contributed by atoms with Gasteiger partial charge in [-0.2, -0.15) is 5.26 Å². The quantitative estimate of drug-likeness (QED) is 0.894. The van der Waals surface area contributed by atoms with E-state index in [0.717, 1.165) is 15.7 Å². The average Bonchev–Trinajstić information content (AvgIpc) is 2.53. The number of nitrogens with one attached hydrogen (secondary N) is 1. The summed E-state index contributed by atoms with van der Waals surface area (Å²) >= 11 is 3.43. The lowest BCUT2D eigenvalue weighted by atomic mass is 10.2. The Morgan fingerprint density at radius 1 is 1.24 bits per heavy atom. The fourth-order valence-corrected chi connectivity index (χ4v) is 2.31. The zero-order valence-corrected chi connectivity index (χ0v) is 13.1. The Kier molecular flexibility index (Phi) is 4.95. The van der Waals surface area contributed by atoms with Crippen LogP contribution in [0.5, 0.6) is 11.8 Å². The molecular formula is C14H13BrN4O2. The first-order valence-electron chi connectivity index (χ1n) is 6.05.